The summed E-state index contributed by atoms with van der Waals surface area (Å²) in [5.41, 5.74) is 6.60. The lowest BCUT2D eigenvalue weighted by atomic mass is 9.86. The molecule has 2 N–H and O–H groups in total. The summed E-state index contributed by atoms with van der Waals surface area (Å²) < 4.78 is 31.9. The van der Waals surface area contributed by atoms with Crippen molar-refractivity contribution in [2.45, 2.75) is 18.9 Å². The van der Waals surface area contributed by atoms with Gasteiger partial charge in [-0.3, -0.25) is 0 Å². The van der Waals surface area contributed by atoms with Crippen molar-refractivity contribution in [3.05, 3.63) is 65.2 Å². The minimum Gasteiger partial charge on any atom is -0.497 e. The van der Waals surface area contributed by atoms with E-state index in [0.29, 0.717) is 17.7 Å². The van der Waals surface area contributed by atoms with Crippen LogP contribution in [-0.4, -0.2) is 7.11 Å². The van der Waals surface area contributed by atoms with E-state index in [1.807, 2.05) is 0 Å². The van der Waals surface area contributed by atoms with Gasteiger partial charge in [-0.15, -0.1) is 0 Å². The average Bonchev–Trinajstić information content (AvgIpc) is 2.40. The quantitative estimate of drug-likeness (QED) is 0.929. The third-order valence-corrected chi connectivity index (χ3v) is 3.28. The first kappa shape index (κ1) is 14.5. The van der Waals surface area contributed by atoms with Gasteiger partial charge in [0.1, 0.15) is 17.4 Å². The number of nitrogens with two attached hydrogens (primary N) is 1. The van der Waals surface area contributed by atoms with Crippen molar-refractivity contribution in [2.75, 3.05) is 7.11 Å². The van der Waals surface area contributed by atoms with E-state index in [2.05, 4.69) is 0 Å². The molecule has 0 bridgehead atoms. The Kier molecular flexibility index (Phi) is 4.04. The predicted octanol–water partition coefficient (Wildman–Crippen LogP) is 3.39. The molecule has 0 fully saturated rings. The van der Waals surface area contributed by atoms with E-state index in [4.69, 9.17) is 10.5 Å². The molecule has 2 aromatic rings. The molecule has 0 saturated carbocycles. The van der Waals surface area contributed by atoms with Gasteiger partial charge in [0.05, 0.1) is 7.11 Å². The molecule has 0 aromatic heterocycles. The third kappa shape index (κ3) is 3.14. The molecule has 2 rings (SSSR count). The molecule has 0 radical (unpaired) electrons. The maximum absolute atomic E-state index is 14.1. The highest BCUT2D eigenvalue weighted by molar-refractivity contribution is 5.34. The van der Waals surface area contributed by atoms with Crippen LogP contribution in [0.15, 0.2) is 42.5 Å². The first-order valence-electron chi connectivity index (χ1n) is 6.30. The first-order chi connectivity index (χ1) is 9.42. The fourth-order valence-electron chi connectivity index (χ4n) is 2.21. The van der Waals surface area contributed by atoms with Gasteiger partial charge in [-0.25, -0.2) is 8.78 Å². The molecule has 0 heterocycles. The summed E-state index contributed by atoms with van der Waals surface area (Å²) in [7, 11) is 1.48. The number of methoxy groups -OCH3 is 1. The van der Waals surface area contributed by atoms with Crippen LogP contribution in [0.2, 0.25) is 0 Å². The van der Waals surface area contributed by atoms with Gasteiger partial charge in [-0.2, -0.15) is 0 Å². The molecule has 0 saturated heterocycles. The summed E-state index contributed by atoms with van der Waals surface area (Å²) in [4.78, 5) is 0. The van der Waals surface area contributed by atoms with E-state index < -0.39 is 11.4 Å². The van der Waals surface area contributed by atoms with E-state index in [-0.39, 0.29) is 5.82 Å². The second-order valence-corrected chi connectivity index (χ2v) is 5.07. The van der Waals surface area contributed by atoms with E-state index in [1.165, 1.54) is 25.3 Å². The summed E-state index contributed by atoms with van der Waals surface area (Å²) in [5.74, 6) is -0.261. The monoisotopic (exact) mass is 277 g/mol. The first-order valence-corrected chi connectivity index (χ1v) is 6.30. The van der Waals surface area contributed by atoms with Gasteiger partial charge in [0.15, 0.2) is 0 Å². The van der Waals surface area contributed by atoms with E-state index in [9.17, 15) is 8.78 Å². The van der Waals surface area contributed by atoms with Gasteiger partial charge < -0.3 is 10.5 Å². The summed E-state index contributed by atoms with van der Waals surface area (Å²) in [6, 6.07) is 10.7. The lowest BCUT2D eigenvalue weighted by Gasteiger charge is -2.26. The van der Waals surface area contributed by atoms with Crippen LogP contribution in [-0.2, 0) is 12.0 Å². The van der Waals surface area contributed by atoms with Crippen molar-refractivity contribution in [3.8, 4) is 5.75 Å². The van der Waals surface area contributed by atoms with Crippen molar-refractivity contribution in [2.24, 2.45) is 5.73 Å². The van der Waals surface area contributed by atoms with Gasteiger partial charge in [-0.05, 0) is 37.1 Å². The van der Waals surface area contributed by atoms with Gasteiger partial charge in [-0.1, -0.05) is 18.2 Å². The zero-order chi connectivity index (χ0) is 14.8. The van der Waals surface area contributed by atoms with Crippen molar-refractivity contribution in [1.29, 1.82) is 0 Å². The molecule has 0 spiro atoms. The molecule has 0 aliphatic heterocycles. The van der Waals surface area contributed by atoms with E-state index in [1.54, 1.807) is 31.2 Å². The molecule has 4 heteroatoms. The van der Waals surface area contributed by atoms with Crippen molar-refractivity contribution in [3.63, 3.8) is 0 Å². The largest absolute Gasteiger partial charge is 0.497 e. The molecule has 106 valence electrons. The SMILES string of the molecule is COc1ccc(C(C)(N)Cc2ccc(F)cc2)c(F)c1. The Labute approximate surface area is 117 Å². The molecular weight excluding hydrogens is 260 g/mol. The average molecular weight is 277 g/mol. The van der Waals surface area contributed by atoms with Crippen LogP contribution in [0, 0.1) is 11.6 Å². The second-order valence-electron chi connectivity index (χ2n) is 5.07. The lowest BCUT2D eigenvalue weighted by Crippen LogP contribution is -2.36. The van der Waals surface area contributed by atoms with E-state index in [0.717, 1.165) is 5.56 Å². The number of ether oxygens (including phenoxy) is 1. The Morgan fingerprint density at radius 3 is 2.30 bits per heavy atom. The fraction of sp³-hybridized carbons (Fsp3) is 0.250. The summed E-state index contributed by atoms with van der Waals surface area (Å²) in [5, 5.41) is 0. The zero-order valence-corrected chi connectivity index (χ0v) is 11.5. The van der Waals surface area contributed by atoms with Crippen molar-refractivity contribution >= 4 is 0 Å². The van der Waals surface area contributed by atoms with Gasteiger partial charge in [0.25, 0.3) is 0 Å². The highest BCUT2D eigenvalue weighted by atomic mass is 19.1. The molecule has 1 atom stereocenters. The highest BCUT2D eigenvalue weighted by Gasteiger charge is 2.25. The molecule has 20 heavy (non-hydrogen) atoms. The molecule has 0 aliphatic rings. The van der Waals surface area contributed by atoms with Crippen LogP contribution in [0.1, 0.15) is 18.1 Å². The molecule has 0 amide bonds. The topological polar surface area (TPSA) is 35.2 Å². The summed E-state index contributed by atoms with van der Waals surface area (Å²) in [6.07, 6.45) is 0.413. The minimum absolute atomic E-state index is 0.303. The Balaban J connectivity index is 2.27. The second kappa shape index (κ2) is 5.59. The maximum Gasteiger partial charge on any atom is 0.131 e. The summed E-state index contributed by atoms with van der Waals surface area (Å²) >= 11 is 0. The van der Waals surface area contributed by atoms with Crippen LogP contribution < -0.4 is 10.5 Å². The van der Waals surface area contributed by atoms with Crippen LogP contribution >= 0.6 is 0 Å². The van der Waals surface area contributed by atoms with Crippen molar-refractivity contribution in [1.82, 2.24) is 0 Å². The Morgan fingerprint density at radius 2 is 1.75 bits per heavy atom. The Hall–Kier alpha value is -1.94. The predicted molar refractivity (Wildman–Crippen MR) is 74.6 cm³/mol. The molecule has 0 aliphatic carbocycles. The van der Waals surface area contributed by atoms with E-state index >= 15 is 0 Å². The lowest BCUT2D eigenvalue weighted by molar-refractivity contribution is 0.405. The molecule has 2 nitrogen and oxygen atoms in total. The van der Waals surface area contributed by atoms with Gasteiger partial charge in [0.2, 0.25) is 0 Å². The zero-order valence-electron chi connectivity index (χ0n) is 11.5. The number of hydrogen-bond acceptors (Lipinski definition) is 2. The number of benzene rings is 2. The smallest absolute Gasteiger partial charge is 0.131 e. The number of rotatable bonds is 4. The molecular formula is C16H17F2NO. The standard InChI is InChI=1S/C16H17F2NO/c1-16(19,10-11-3-5-12(17)6-4-11)14-8-7-13(20-2)9-15(14)18/h3-9H,10,19H2,1-2H3. The number of hydrogen-bond donors (Lipinski definition) is 1. The third-order valence-electron chi connectivity index (χ3n) is 3.28. The minimum atomic E-state index is -0.881. The fourth-order valence-corrected chi connectivity index (χ4v) is 2.21. The molecule has 1 unspecified atom stereocenters. The normalized spacial score (nSPS) is 13.8. The van der Waals surface area contributed by atoms with Crippen LogP contribution in [0.4, 0.5) is 8.78 Å². The Morgan fingerprint density at radius 1 is 1.10 bits per heavy atom. The highest BCUT2D eigenvalue weighted by Crippen LogP contribution is 2.27. The van der Waals surface area contributed by atoms with Crippen molar-refractivity contribution < 1.29 is 13.5 Å². The van der Waals surface area contributed by atoms with Gasteiger partial charge in [0, 0.05) is 17.2 Å². The Bertz CT molecular complexity index is 594. The van der Waals surface area contributed by atoms with Gasteiger partial charge >= 0.3 is 0 Å². The maximum atomic E-state index is 14.1. The number of halogens is 2. The van der Waals surface area contributed by atoms with Crippen LogP contribution in [0.3, 0.4) is 0 Å². The summed E-state index contributed by atoms with van der Waals surface area (Å²) in [6.45, 7) is 1.75. The van der Waals surface area contributed by atoms with Crippen LogP contribution in [0.5, 0.6) is 5.75 Å². The van der Waals surface area contributed by atoms with Crippen LogP contribution in [0.25, 0.3) is 0 Å². The molecule has 2 aromatic carbocycles.